The molecule has 7 heteroatoms. The van der Waals surface area contributed by atoms with Crippen LogP contribution >= 0.6 is 0 Å². The molecule has 0 fully saturated rings. The van der Waals surface area contributed by atoms with Crippen molar-refractivity contribution in [2.24, 2.45) is 5.73 Å². The zero-order valence-electron chi connectivity index (χ0n) is 12.6. The first-order chi connectivity index (χ1) is 10.9. The molecule has 0 saturated carbocycles. The zero-order valence-corrected chi connectivity index (χ0v) is 12.6. The standard InChI is InChI=1S/C16H18N2O5/c1-16(21,13-3-2-8-22-13)10-18-15(20)11-4-6-12(7-5-11)23-9-14(17)19/h2-8,21H,9-10H2,1H3,(H2,17,19)(H,18,20). The molecule has 1 aromatic carbocycles. The van der Waals surface area contributed by atoms with Gasteiger partial charge in [-0.3, -0.25) is 9.59 Å². The van der Waals surface area contributed by atoms with Gasteiger partial charge < -0.3 is 25.3 Å². The Morgan fingerprint density at radius 2 is 2.00 bits per heavy atom. The molecule has 23 heavy (non-hydrogen) atoms. The van der Waals surface area contributed by atoms with Crippen molar-refractivity contribution in [1.29, 1.82) is 0 Å². The minimum atomic E-state index is -1.30. The van der Waals surface area contributed by atoms with Crippen molar-refractivity contribution in [2.75, 3.05) is 13.2 Å². The van der Waals surface area contributed by atoms with Gasteiger partial charge in [-0.15, -0.1) is 0 Å². The number of primary amides is 1. The van der Waals surface area contributed by atoms with Crippen LogP contribution in [0.4, 0.5) is 0 Å². The van der Waals surface area contributed by atoms with E-state index in [0.29, 0.717) is 17.1 Å². The van der Waals surface area contributed by atoms with E-state index in [2.05, 4.69) is 5.32 Å². The van der Waals surface area contributed by atoms with Crippen LogP contribution in [-0.2, 0) is 10.4 Å². The number of hydrogen-bond acceptors (Lipinski definition) is 5. The molecule has 1 unspecified atom stereocenters. The average molecular weight is 318 g/mol. The maximum absolute atomic E-state index is 12.1. The van der Waals surface area contributed by atoms with Crippen LogP contribution < -0.4 is 15.8 Å². The Hall–Kier alpha value is -2.80. The molecule has 0 aliphatic carbocycles. The van der Waals surface area contributed by atoms with E-state index in [1.807, 2.05) is 0 Å². The molecule has 1 heterocycles. The van der Waals surface area contributed by atoms with Crippen LogP contribution in [0.1, 0.15) is 23.0 Å². The molecule has 7 nitrogen and oxygen atoms in total. The summed E-state index contributed by atoms with van der Waals surface area (Å²) in [6.45, 7) is 1.32. The second-order valence-electron chi connectivity index (χ2n) is 5.21. The number of nitrogens with one attached hydrogen (secondary N) is 1. The van der Waals surface area contributed by atoms with Gasteiger partial charge in [0.2, 0.25) is 0 Å². The van der Waals surface area contributed by atoms with E-state index in [0.717, 1.165) is 0 Å². The molecule has 4 N–H and O–H groups in total. The van der Waals surface area contributed by atoms with E-state index >= 15 is 0 Å². The van der Waals surface area contributed by atoms with Crippen LogP contribution in [0, 0.1) is 0 Å². The van der Waals surface area contributed by atoms with Gasteiger partial charge in [-0.2, -0.15) is 0 Å². The van der Waals surface area contributed by atoms with Crippen molar-refractivity contribution in [1.82, 2.24) is 5.32 Å². The van der Waals surface area contributed by atoms with E-state index in [1.54, 1.807) is 43.3 Å². The molecule has 0 spiro atoms. The Balaban J connectivity index is 1.92. The van der Waals surface area contributed by atoms with Crippen molar-refractivity contribution >= 4 is 11.8 Å². The van der Waals surface area contributed by atoms with Crippen molar-refractivity contribution in [3.05, 3.63) is 54.0 Å². The Morgan fingerprint density at radius 3 is 2.57 bits per heavy atom. The Labute approximate surface area is 133 Å². The summed E-state index contributed by atoms with van der Waals surface area (Å²) in [5.41, 5.74) is 4.07. The van der Waals surface area contributed by atoms with Crippen LogP contribution in [-0.4, -0.2) is 30.1 Å². The average Bonchev–Trinajstić information content (AvgIpc) is 3.06. The fourth-order valence-electron chi connectivity index (χ4n) is 1.88. The topological polar surface area (TPSA) is 115 Å². The molecular weight excluding hydrogens is 300 g/mol. The summed E-state index contributed by atoms with van der Waals surface area (Å²) in [4.78, 5) is 22.7. The quantitative estimate of drug-likeness (QED) is 0.698. The minimum Gasteiger partial charge on any atom is -0.484 e. The molecule has 0 aliphatic heterocycles. The largest absolute Gasteiger partial charge is 0.484 e. The number of amides is 2. The predicted molar refractivity (Wildman–Crippen MR) is 81.7 cm³/mol. The highest BCUT2D eigenvalue weighted by Gasteiger charge is 2.26. The van der Waals surface area contributed by atoms with Gasteiger partial charge in [0, 0.05) is 5.56 Å². The zero-order chi connectivity index (χ0) is 16.9. The number of furan rings is 1. The molecule has 2 rings (SSSR count). The lowest BCUT2D eigenvalue weighted by Crippen LogP contribution is -2.38. The molecule has 0 aliphatic rings. The first kappa shape index (κ1) is 16.6. The number of carbonyl (C=O) groups is 2. The molecule has 1 aromatic heterocycles. The molecule has 1 atom stereocenters. The van der Waals surface area contributed by atoms with E-state index in [4.69, 9.17) is 14.9 Å². The SMILES string of the molecule is CC(O)(CNC(=O)c1ccc(OCC(N)=O)cc1)c1ccco1. The van der Waals surface area contributed by atoms with Gasteiger partial charge in [0.05, 0.1) is 12.8 Å². The maximum atomic E-state index is 12.1. The van der Waals surface area contributed by atoms with E-state index in [1.165, 1.54) is 6.26 Å². The number of aliphatic hydroxyl groups is 1. The summed E-state index contributed by atoms with van der Waals surface area (Å²) in [7, 11) is 0. The third-order valence-electron chi connectivity index (χ3n) is 3.14. The third kappa shape index (κ3) is 4.58. The highest BCUT2D eigenvalue weighted by Crippen LogP contribution is 2.20. The Bertz CT molecular complexity index is 662. The monoisotopic (exact) mass is 318 g/mol. The highest BCUT2D eigenvalue weighted by molar-refractivity contribution is 5.94. The second kappa shape index (κ2) is 6.97. The fraction of sp³-hybridized carbons (Fsp3) is 0.250. The predicted octanol–water partition coefficient (Wildman–Crippen LogP) is 0.781. The number of rotatable bonds is 7. The van der Waals surface area contributed by atoms with E-state index in [9.17, 15) is 14.7 Å². The summed E-state index contributed by atoms with van der Waals surface area (Å²) in [5.74, 6) is -0.124. The van der Waals surface area contributed by atoms with Crippen molar-refractivity contribution in [3.63, 3.8) is 0 Å². The summed E-state index contributed by atoms with van der Waals surface area (Å²) in [5, 5.41) is 12.9. The van der Waals surface area contributed by atoms with Gasteiger partial charge in [0.25, 0.3) is 11.8 Å². The highest BCUT2D eigenvalue weighted by atomic mass is 16.5. The Kier molecular flexibility index (Phi) is 5.02. The number of nitrogens with two attached hydrogens (primary N) is 1. The van der Waals surface area contributed by atoms with Gasteiger partial charge in [0.1, 0.15) is 17.1 Å². The van der Waals surface area contributed by atoms with Crippen molar-refractivity contribution in [3.8, 4) is 5.75 Å². The van der Waals surface area contributed by atoms with Crippen molar-refractivity contribution in [2.45, 2.75) is 12.5 Å². The van der Waals surface area contributed by atoms with Crippen LogP contribution in [0.15, 0.2) is 47.1 Å². The maximum Gasteiger partial charge on any atom is 0.255 e. The minimum absolute atomic E-state index is 0.000721. The van der Waals surface area contributed by atoms with Crippen LogP contribution in [0.5, 0.6) is 5.75 Å². The normalized spacial score (nSPS) is 13.1. The molecule has 2 amide bonds. The molecule has 0 saturated heterocycles. The number of ether oxygens (including phenoxy) is 1. The van der Waals surface area contributed by atoms with Gasteiger partial charge in [-0.1, -0.05) is 0 Å². The fourth-order valence-corrected chi connectivity index (χ4v) is 1.88. The van der Waals surface area contributed by atoms with Gasteiger partial charge >= 0.3 is 0 Å². The van der Waals surface area contributed by atoms with Crippen molar-refractivity contribution < 1.29 is 23.8 Å². The molecule has 2 aromatic rings. The summed E-state index contributed by atoms with van der Waals surface area (Å²) < 4.78 is 10.2. The second-order valence-corrected chi connectivity index (χ2v) is 5.21. The third-order valence-corrected chi connectivity index (χ3v) is 3.14. The first-order valence-electron chi connectivity index (χ1n) is 6.94. The van der Waals surface area contributed by atoms with Gasteiger partial charge in [0.15, 0.2) is 6.61 Å². The smallest absolute Gasteiger partial charge is 0.255 e. The number of carbonyl (C=O) groups excluding carboxylic acids is 2. The first-order valence-corrected chi connectivity index (χ1v) is 6.94. The van der Waals surface area contributed by atoms with E-state index < -0.39 is 11.5 Å². The lowest BCUT2D eigenvalue weighted by atomic mass is 10.0. The Morgan fingerprint density at radius 1 is 1.30 bits per heavy atom. The molecular formula is C16H18N2O5. The molecule has 0 radical (unpaired) electrons. The van der Waals surface area contributed by atoms with Crippen LogP contribution in [0.3, 0.4) is 0 Å². The molecule has 0 bridgehead atoms. The summed E-state index contributed by atoms with van der Waals surface area (Å²) >= 11 is 0. The summed E-state index contributed by atoms with van der Waals surface area (Å²) in [6, 6.07) is 9.51. The molecule has 122 valence electrons. The summed E-state index contributed by atoms with van der Waals surface area (Å²) in [6.07, 6.45) is 1.45. The van der Waals surface area contributed by atoms with Crippen LogP contribution in [0.25, 0.3) is 0 Å². The lowest BCUT2D eigenvalue weighted by molar-refractivity contribution is -0.119. The number of benzene rings is 1. The van der Waals surface area contributed by atoms with Gasteiger partial charge in [-0.25, -0.2) is 0 Å². The van der Waals surface area contributed by atoms with E-state index in [-0.39, 0.29) is 19.1 Å². The van der Waals surface area contributed by atoms with Crippen LogP contribution in [0.2, 0.25) is 0 Å². The lowest BCUT2D eigenvalue weighted by Gasteiger charge is -2.21. The number of hydrogen-bond donors (Lipinski definition) is 3. The van der Waals surface area contributed by atoms with Gasteiger partial charge in [-0.05, 0) is 43.3 Å².